The van der Waals surface area contributed by atoms with Gasteiger partial charge in [0.2, 0.25) is 11.8 Å². The van der Waals surface area contributed by atoms with Crippen molar-refractivity contribution in [3.63, 3.8) is 0 Å². The van der Waals surface area contributed by atoms with Crippen LogP contribution in [0.3, 0.4) is 0 Å². The highest BCUT2D eigenvalue weighted by molar-refractivity contribution is 6.31. The Morgan fingerprint density at radius 3 is 2.68 bits per heavy atom. The number of anilines is 2. The number of hydrogen-bond donors (Lipinski definition) is 1. The van der Waals surface area contributed by atoms with Crippen LogP contribution >= 0.6 is 11.6 Å². The summed E-state index contributed by atoms with van der Waals surface area (Å²) in [5.74, 6) is -0.535. The van der Waals surface area contributed by atoms with Crippen LogP contribution in [0, 0.1) is 26.7 Å². The fraction of sp³-hybridized carbons (Fsp3) is 0.300. The number of nitrogens with zero attached hydrogens (tertiary/aromatic N) is 1. The Morgan fingerprint density at radius 2 is 1.96 bits per heavy atom. The minimum Gasteiger partial charge on any atom is -0.325 e. The monoisotopic (exact) mass is 356 g/mol. The van der Waals surface area contributed by atoms with E-state index in [9.17, 15) is 9.59 Å². The summed E-state index contributed by atoms with van der Waals surface area (Å²) in [5, 5.41) is 3.52. The van der Waals surface area contributed by atoms with E-state index in [-0.39, 0.29) is 24.2 Å². The molecule has 4 nitrogen and oxygen atoms in total. The third kappa shape index (κ3) is 3.54. The van der Waals surface area contributed by atoms with E-state index in [0.29, 0.717) is 17.3 Å². The van der Waals surface area contributed by atoms with Crippen molar-refractivity contribution in [2.75, 3.05) is 16.8 Å². The van der Waals surface area contributed by atoms with Crippen molar-refractivity contribution < 1.29 is 9.59 Å². The van der Waals surface area contributed by atoms with E-state index in [2.05, 4.69) is 5.32 Å². The van der Waals surface area contributed by atoms with E-state index < -0.39 is 0 Å². The average molecular weight is 357 g/mol. The predicted octanol–water partition coefficient (Wildman–Crippen LogP) is 4.26. The molecule has 25 heavy (non-hydrogen) atoms. The molecule has 2 aromatic rings. The van der Waals surface area contributed by atoms with Crippen LogP contribution in [0.2, 0.25) is 5.02 Å². The Bertz CT molecular complexity index is 848. The van der Waals surface area contributed by atoms with Crippen LogP contribution in [0.25, 0.3) is 0 Å². The van der Waals surface area contributed by atoms with Gasteiger partial charge < -0.3 is 10.2 Å². The van der Waals surface area contributed by atoms with Crippen LogP contribution in [0.1, 0.15) is 23.1 Å². The summed E-state index contributed by atoms with van der Waals surface area (Å²) in [6.07, 6.45) is 0.221. The van der Waals surface area contributed by atoms with E-state index in [0.717, 1.165) is 22.4 Å². The molecule has 5 heteroatoms. The molecule has 1 fully saturated rings. The van der Waals surface area contributed by atoms with Crippen LogP contribution in [0.5, 0.6) is 0 Å². The van der Waals surface area contributed by atoms with Gasteiger partial charge in [-0.05, 0) is 50.1 Å². The summed E-state index contributed by atoms with van der Waals surface area (Å²) >= 11 is 6.10. The Labute approximate surface area is 152 Å². The molecular formula is C20H21ClN2O2. The molecule has 0 unspecified atom stereocenters. The second-order valence-corrected chi connectivity index (χ2v) is 7.00. The highest BCUT2D eigenvalue weighted by atomic mass is 35.5. The van der Waals surface area contributed by atoms with Crippen molar-refractivity contribution in [2.45, 2.75) is 27.2 Å². The minimum atomic E-state index is -0.369. The molecule has 0 aromatic heterocycles. The number of carbonyl (C=O) groups excluding carboxylic acids is 2. The summed E-state index contributed by atoms with van der Waals surface area (Å²) in [6.45, 7) is 6.26. The number of rotatable bonds is 3. The zero-order chi connectivity index (χ0) is 18.1. The average Bonchev–Trinajstić information content (AvgIpc) is 2.94. The van der Waals surface area contributed by atoms with Gasteiger partial charge in [-0.1, -0.05) is 35.4 Å². The molecule has 1 aliphatic rings. The normalized spacial score (nSPS) is 17.0. The Kier molecular flexibility index (Phi) is 4.82. The topological polar surface area (TPSA) is 49.4 Å². The lowest BCUT2D eigenvalue weighted by Crippen LogP contribution is -2.28. The zero-order valence-electron chi connectivity index (χ0n) is 14.6. The number of carbonyl (C=O) groups is 2. The number of amides is 2. The fourth-order valence-corrected chi connectivity index (χ4v) is 3.38. The molecule has 3 rings (SSSR count). The first-order valence-electron chi connectivity index (χ1n) is 8.30. The molecule has 1 atom stereocenters. The van der Waals surface area contributed by atoms with Crippen LogP contribution in [-0.2, 0) is 9.59 Å². The first-order valence-corrected chi connectivity index (χ1v) is 8.68. The van der Waals surface area contributed by atoms with Gasteiger partial charge in [-0.3, -0.25) is 9.59 Å². The van der Waals surface area contributed by atoms with Crippen molar-refractivity contribution in [1.82, 2.24) is 0 Å². The lowest BCUT2D eigenvalue weighted by atomic mass is 10.1. The lowest BCUT2D eigenvalue weighted by Gasteiger charge is -2.19. The molecule has 0 radical (unpaired) electrons. The van der Waals surface area contributed by atoms with Gasteiger partial charge in [0.15, 0.2) is 0 Å². The van der Waals surface area contributed by atoms with Crippen LogP contribution in [0.15, 0.2) is 36.4 Å². The lowest BCUT2D eigenvalue weighted by molar-refractivity contribution is -0.122. The number of halogens is 1. The highest BCUT2D eigenvalue weighted by Crippen LogP contribution is 2.30. The van der Waals surface area contributed by atoms with Crippen molar-refractivity contribution in [2.24, 2.45) is 5.92 Å². The number of aryl methyl sites for hydroxylation is 2. The molecule has 1 aliphatic heterocycles. The molecule has 2 amide bonds. The van der Waals surface area contributed by atoms with E-state index in [4.69, 9.17) is 11.6 Å². The largest absolute Gasteiger partial charge is 0.325 e. The van der Waals surface area contributed by atoms with E-state index in [1.54, 1.807) is 17.0 Å². The van der Waals surface area contributed by atoms with Gasteiger partial charge in [0.1, 0.15) is 0 Å². The number of hydrogen-bond acceptors (Lipinski definition) is 2. The first kappa shape index (κ1) is 17.5. The van der Waals surface area contributed by atoms with Gasteiger partial charge in [-0.2, -0.15) is 0 Å². The molecule has 0 aliphatic carbocycles. The van der Waals surface area contributed by atoms with Gasteiger partial charge >= 0.3 is 0 Å². The molecule has 0 spiro atoms. The first-order chi connectivity index (χ1) is 11.9. The maximum absolute atomic E-state index is 12.6. The molecule has 130 valence electrons. The molecule has 0 bridgehead atoms. The second-order valence-electron chi connectivity index (χ2n) is 6.60. The van der Waals surface area contributed by atoms with Gasteiger partial charge in [0.05, 0.1) is 5.92 Å². The summed E-state index contributed by atoms with van der Waals surface area (Å²) in [6, 6.07) is 11.4. The van der Waals surface area contributed by atoms with E-state index in [1.165, 1.54) is 0 Å². The maximum Gasteiger partial charge on any atom is 0.229 e. The van der Waals surface area contributed by atoms with E-state index >= 15 is 0 Å². The Hall–Kier alpha value is -2.33. The molecule has 1 saturated heterocycles. The number of nitrogens with one attached hydrogen (secondary N) is 1. The quantitative estimate of drug-likeness (QED) is 0.893. The number of benzene rings is 2. The summed E-state index contributed by atoms with van der Waals surface area (Å²) in [5.41, 5.74) is 4.59. The molecular weight excluding hydrogens is 336 g/mol. The van der Waals surface area contributed by atoms with Gasteiger partial charge in [-0.15, -0.1) is 0 Å². The Balaban J connectivity index is 1.75. The summed E-state index contributed by atoms with van der Waals surface area (Å²) < 4.78 is 0. The molecule has 0 saturated carbocycles. The van der Waals surface area contributed by atoms with Crippen molar-refractivity contribution in [3.8, 4) is 0 Å². The van der Waals surface area contributed by atoms with Crippen molar-refractivity contribution in [1.29, 1.82) is 0 Å². The van der Waals surface area contributed by atoms with Crippen LogP contribution in [0.4, 0.5) is 11.4 Å². The molecule has 1 heterocycles. The standard InChI is InChI=1S/C20H21ClN2O2/c1-12-7-8-18(13(2)9-12)23-11-15(10-19(23)24)20(25)22-17-6-4-5-16(21)14(17)3/h4-9,15H,10-11H2,1-3H3,(H,22,25)/t15-/m0/s1. The minimum absolute atomic E-state index is 0.0186. The molecule has 2 aromatic carbocycles. The van der Waals surface area contributed by atoms with Gasteiger partial charge in [-0.25, -0.2) is 0 Å². The van der Waals surface area contributed by atoms with Gasteiger partial charge in [0, 0.05) is 29.4 Å². The van der Waals surface area contributed by atoms with Crippen molar-refractivity contribution in [3.05, 3.63) is 58.1 Å². The van der Waals surface area contributed by atoms with Crippen LogP contribution in [-0.4, -0.2) is 18.4 Å². The SMILES string of the molecule is Cc1ccc(N2C[C@@H](C(=O)Nc3cccc(Cl)c3C)CC2=O)c(C)c1. The van der Waals surface area contributed by atoms with E-state index in [1.807, 2.05) is 45.0 Å². The molecule has 1 N–H and O–H groups in total. The zero-order valence-corrected chi connectivity index (χ0v) is 15.4. The third-order valence-electron chi connectivity index (χ3n) is 4.66. The van der Waals surface area contributed by atoms with Gasteiger partial charge in [0.25, 0.3) is 0 Å². The second kappa shape index (κ2) is 6.89. The smallest absolute Gasteiger partial charge is 0.229 e. The third-order valence-corrected chi connectivity index (χ3v) is 5.07. The van der Waals surface area contributed by atoms with Crippen LogP contribution < -0.4 is 10.2 Å². The summed E-state index contributed by atoms with van der Waals surface area (Å²) in [4.78, 5) is 26.7. The van der Waals surface area contributed by atoms with Crippen molar-refractivity contribution >= 4 is 34.8 Å². The highest BCUT2D eigenvalue weighted by Gasteiger charge is 2.35. The summed E-state index contributed by atoms with van der Waals surface area (Å²) in [7, 11) is 0. The Morgan fingerprint density at radius 1 is 1.20 bits per heavy atom. The predicted molar refractivity (Wildman–Crippen MR) is 101 cm³/mol. The maximum atomic E-state index is 12.6. The fourth-order valence-electron chi connectivity index (χ4n) is 3.20.